The number of para-hydroxylation sites is 2. The maximum atomic E-state index is 13.4. The first-order valence-electron chi connectivity index (χ1n) is 10.7. The lowest BCUT2D eigenvalue weighted by Crippen LogP contribution is -2.18. The van der Waals surface area contributed by atoms with E-state index in [1.807, 2.05) is 54.6 Å². The van der Waals surface area contributed by atoms with Gasteiger partial charge in [0, 0.05) is 30.1 Å². The number of hydrogen-bond acceptors (Lipinski definition) is 4. The van der Waals surface area contributed by atoms with E-state index in [0.29, 0.717) is 18.1 Å². The van der Waals surface area contributed by atoms with Crippen molar-refractivity contribution in [1.82, 2.24) is 30.3 Å². The third kappa shape index (κ3) is 4.94. The largest absolute Gasteiger partial charge is 0.342 e. The van der Waals surface area contributed by atoms with Crippen molar-refractivity contribution in [2.75, 3.05) is 6.54 Å². The molecule has 0 radical (unpaired) electrons. The maximum absolute atomic E-state index is 13.4. The minimum Gasteiger partial charge on any atom is -0.342 e. The van der Waals surface area contributed by atoms with Crippen LogP contribution in [0.1, 0.15) is 17.1 Å². The highest BCUT2D eigenvalue weighted by atomic mass is 35.5. The molecule has 0 aliphatic heterocycles. The smallest absolute Gasteiger partial charge is 0.124 e. The summed E-state index contributed by atoms with van der Waals surface area (Å²) in [6.07, 6.45) is 0.772. The van der Waals surface area contributed by atoms with Crippen molar-refractivity contribution in [2.24, 2.45) is 0 Å². The fourth-order valence-electron chi connectivity index (χ4n) is 3.73. The molecule has 2 N–H and O–H groups in total. The number of rotatable bonds is 8. The number of aromatic amines is 1. The van der Waals surface area contributed by atoms with Crippen molar-refractivity contribution >= 4 is 22.6 Å². The first-order valence-corrected chi connectivity index (χ1v) is 11.1. The van der Waals surface area contributed by atoms with Crippen LogP contribution < -0.4 is 5.32 Å². The van der Waals surface area contributed by atoms with E-state index in [9.17, 15) is 4.39 Å². The summed E-state index contributed by atoms with van der Waals surface area (Å²) < 4.78 is 13.4. The molecule has 0 atom stereocenters. The van der Waals surface area contributed by atoms with E-state index in [2.05, 4.69) is 15.3 Å². The second-order valence-electron chi connectivity index (χ2n) is 7.75. The molecule has 0 aliphatic rings. The van der Waals surface area contributed by atoms with E-state index in [4.69, 9.17) is 21.8 Å². The van der Waals surface area contributed by atoms with Gasteiger partial charge in [-0.1, -0.05) is 60.1 Å². The molecular formula is C25H22ClFN6. The number of aromatic nitrogens is 5. The van der Waals surface area contributed by atoms with Crippen molar-refractivity contribution in [1.29, 1.82) is 0 Å². The first-order chi connectivity index (χ1) is 16.2. The molecule has 0 saturated carbocycles. The molecule has 2 aromatic heterocycles. The van der Waals surface area contributed by atoms with Gasteiger partial charge in [0.05, 0.1) is 17.6 Å². The Labute approximate surface area is 195 Å². The number of benzene rings is 3. The zero-order chi connectivity index (χ0) is 22.6. The van der Waals surface area contributed by atoms with Crippen molar-refractivity contribution in [2.45, 2.75) is 19.5 Å². The summed E-state index contributed by atoms with van der Waals surface area (Å²) in [5.74, 6) is 0.582. The van der Waals surface area contributed by atoms with Crippen LogP contribution in [0.15, 0.2) is 72.8 Å². The molecule has 0 spiro atoms. The average molecular weight is 461 g/mol. The molecule has 6 nitrogen and oxygen atoms in total. The summed E-state index contributed by atoms with van der Waals surface area (Å²) >= 11 is 6.20. The third-order valence-electron chi connectivity index (χ3n) is 5.37. The van der Waals surface area contributed by atoms with Crippen LogP contribution in [0, 0.1) is 5.82 Å². The number of hydrogen-bond donors (Lipinski definition) is 2. The van der Waals surface area contributed by atoms with Crippen LogP contribution in [0.3, 0.4) is 0 Å². The SMILES string of the molecule is Fc1ccc(Cn2nc(CNCCc3nc4ccccc4[nH]3)c(-c3ccccc3)n2)c(Cl)c1. The lowest BCUT2D eigenvalue weighted by molar-refractivity contribution is 0.574. The molecular weight excluding hydrogens is 439 g/mol. The monoisotopic (exact) mass is 460 g/mol. The van der Waals surface area contributed by atoms with Gasteiger partial charge in [-0.25, -0.2) is 9.37 Å². The van der Waals surface area contributed by atoms with Crippen LogP contribution in [0.4, 0.5) is 4.39 Å². The van der Waals surface area contributed by atoms with Crippen LogP contribution in [0.5, 0.6) is 0 Å². The average Bonchev–Trinajstić information content (AvgIpc) is 3.43. The van der Waals surface area contributed by atoms with Gasteiger partial charge in [0.2, 0.25) is 0 Å². The molecule has 0 bridgehead atoms. The molecule has 0 unspecified atom stereocenters. The lowest BCUT2D eigenvalue weighted by atomic mass is 10.1. The second-order valence-corrected chi connectivity index (χ2v) is 8.16. The number of nitrogens with one attached hydrogen (secondary N) is 2. The van der Waals surface area contributed by atoms with Gasteiger partial charge in [0.15, 0.2) is 0 Å². The van der Waals surface area contributed by atoms with E-state index < -0.39 is 0 Å². The van der Waals surface area contributed by atoms with Gasteiger partial charge >= 0.3 is 0 Å². The van der Waals surface area contributed by atoms with Crippen molar-refractivity contribution < 1.29 is 4.39 Å². The molecule has 0 aliphatic carbocycles. The molecule has 33 heavy (non-hydrogen) atoms. The fraction of sp³-hybridized carbons (Fsp3) is 0.160. The van der Waals surface area contributed by atoms with Crippen molar-refractivity contribution in [3.63, 3.8) is 0 Å². The van der Waals surface area contributed by atoms with E-state index in [1.54, 1.807) is 10.9 Å². The predicted octanol–water partition coefficient (Wildman–Crippen LogP) is 4.99. The van der Waals surface area contributed by atoms with Gasteiger partial charge in [-0.05, 0) is 29.8 Å². The Bertz CT molecular complexity index is 1350. The van der Waals surface area contributed by atoms with Gasteiger partial charge in [-0.2, -0.15) is 15.0 Å². The van der Waals surface area contributed by atoms with Gasteiger partial charge in [0.25, 0.3) is 0 Å². The number of H-pyrrole nitrogens is 1. The number of imidazole rings is 1. The highest BCUT2D eigenvalue weighted by Crippen LogP contribution is 2.22. The molecule has 166 valence electrons. The summed E-state index contributed by atoms with van der Waals surface area (Å²) in [6, 6.07) is 22.3. The van der Waals surface area contributed by atoms with Crippen molar-refractivity contribution in [3.8, 4) is 11.3 Å². The van der Waals surface area contributed by atoms with Gasteiger partial charge in [0.1, 0.15) is 23.0 Å². The first kappa shape index (κ1) is 21.3. The minimum atomic E-state index is -0.364. The molecule has 0 fully saturated rings. The molecule has 2 heterocycles. The minimum absolute atomic E-state index is 0.359. The zero-order valence-electron chi connectivity index (χ0n) is 17.8. The van der Waals surface area contributed by atoms with Crippen LogP contribution in [0.2, 0.25) is 5.02 Å². The van der Waals surface area contributed by atoms with Crippen LogP contribution in [-0.2, 0) is 19.5 Å². The Morgan fingerprint density at radius 1 is 0.970 bits per heavy atom. The number of fused-ring (bicyclic) bond motifs is 1. The van der Waals surface area contributed by atoms with Gasteiger partial charge < -0.3 is 10.3 Å². The molecule has 5 rings (SSSR count). The summed E-state index contributed by atoms with van der Waals surface area (Å²) in [6.45, 7) is 1.66. The standard InChI is InChI=1S/C25H22ClFN6/c26-20-14-19(27)11-10-18(20)16-33-31-23(25(32-33)17-6-2-1-3-7-17)15-28-13-12-24-29-21-8-4-5-9-22(21)30-24/h1-11,14,28H,12-13,15-16H2,(H,29,30). The van der Waals surface area contributed by atoms with Crippen LogP contribution in [0.25, 0.3) is 22.3 Å². The van der Waals surface area contributed by atoms with Crippen LogP contribution >= 0.6 is 11.6 Å². The molecule has 3 aromatic carbocycles. The summed E-state index contributed by atoms with van der Waals surface area (Å²) in [5.41, 5.74) is 5.41. The number of nitrogens with zero attached hydrogens (tertiary/aromatic N) is 4. The van der Waals surface area contributed by atoms with E-state index in [-0.39, 0.29) is 5.82 Å². The molecule has 8 heteroatoms. The highest BCUT2D eigenvalue weighted by molar-refractivity contribution is 6.31. The van der Waals surface area contributed by atoms with Gasteiger partial charge in [-0.3, -0.25) is 0 Å². The second kappa shape index (κ2) is 9.52. The quantitative estimate of drug-likeness (QED) is 0.320. The molecule has 0 amide bonds. The van der Waals surface area contributed by atoms with Gasteiger partial charge in [-0.15, -0.1) is 0 Å². The Kier molecular flexibility index (Phi) is 6.15. The normalized spacial score (nSPS) is 11.3. The molecule has 0 saturated heterocycles. The highest BCUT2D eigenvalue weighted by Gasteiger charge is 2.14. The Hall–Kier alpha value is -3.55. The maximum Gasteiger partial charge on any atom is 0.124 e. The Balaban J connectivity index is 1.30. The van der Waals surface area contributed by atoms with Crippen LogP contribution in [-0.4, -0.2) is 31.5 Å². The predicted molar refractivity (Wildman–Crippen MR) is 127 cm³/mol. The van der Waals surface area contributed by atoms with Crippen molar-refractivity contribution in [3.05, 3.63) is 101 Å². The topological polar surface area (TPSA) is 71.4 Å². The summed E-state index contributed by atoms with van der Waals surface area (Å²) in [5, 5.41) is 13.2. The zero-order valence-corrected chi connectivity index (χ0v) is 18.6. The van der Waals surface area contributed by atoms with E-state index >= 15 is 0 Å². The van der Waals surface area contributed by atoms with E-state index in [1.165, 1.54) is 12.1 Å². The third-order valence-corrected chi connectivity index (χ3v) is 5.72. The summed E-state index contributed by atoms with van der Waals surface area (Å²) in [7, 11) is 0. The van der Waals surface area contributed by atoms with E-state index in [0.717, 1.165) is 52.3 Å². The Morgan fingerprint density at radius 2 is 1.79 bits per heavy atom. The fourth-order valence-corrected chi connectivity index (χ4v) is 3.96. The molecule has 5 aromatic rings. The Morgan fingerprint density at radius 3 is 2.61 bits per heavy atom. The number of halogens is 2. The lowest BCUT2D eigenvalue weighted by Gasteiger charge is -2.03. The summed E-state index contributed by atoms with van der Waals surface area (Å²) in [4.78, 5) is 9.58.